The van der Waals surface area contributed by atoms with Gasteiger partial charge in [-0.25, -0.2) is 8.42 Å². The first-order valence-electron chi connectivity index (χ1n) is 7.35. The Hall–Kier alpha value is -1.44. The Morgan fingerprint density at radius 2 is 1.62 bits per heavy atom. The maximum atomic E-state index is 12.5. The number of halogens is 3. The summed E-state index contributed by atoms with van der Waals surface area (Å²) in [5, 5.41) is 6.04. The van der Waals surface area contributed by atoms with E-state index in [4.69, 9.17) is 34.8 Å². The SMILES string of the molecule is Cc1cc(Nc2cc(Cl)c(Cl)cc2NS(=O)(=O)c2cccs2)ccc1Cl. The van der Waals surface area contributed by atoms with Crippen molar-refractivity contribution in [2.45, 2.75) is 11.1 Å². The Morgan fingerprint density at radius 1 is 0.923 bits per heavy atom. The van der Waals surface area contributed by atoms with Gasteiger partial charge in [0.25, 0.3) is 10.0 Å². The second-order valence-corrected chi connectivity index (χ2v) is 9.52. The van der Waals surface area contributed by atoms with E-state index >= 15 is 0 Å². The van der Waals surface area contributed by atoms with Gasteiger partial charge in [-0.2, -0.15) is 0 Å². The largest absolute Gasteiger partial charge is 0.354 e. The molecule has 0 aliphatic carbocycles. The molecule has 1 aromatic heterocycles. The third-order valence-corrected chi connectivity index (χ3v) is 7.41. The second-order valence-electron chi connectivity index (χ2n) is 5.44. The van der Waals surface area contributed by atoms with Crippen LogP contribution in [-0.4, -0.2) is 8.42 Å². The summed E-state index contributed by atoms with van der Waals surface area (Å²) in [5.41, 5.74) is 2.39. The van der Waals surface area contributed by atoms with Crippen LogP contribution >= 0.6 is 46.1 Å². The Balaban J connectivity index is 1.99. The van der Waals surface area contributed by atoms with Crippen LogP contribution in [0, 0.1) is 6.92 Å². The van der Waals surface area contributed by atoms with Crippen LogP contribution < -0.4 is 10.0 Å². The minimum absolute atomic E-state index is 0.205. The molecule has 9 heteroatoms. The second kappa shape index (κ2) is 7.66. The highest BCUT2D eigenvalue weighted by atomic mass is 35.5. The van der Waals surface area contributed by atoms with Crippen molar-refractivity contribution < 1.29 is 8.42 Å². The number of hydrogen-bond donors (Lipinski definition) is 2. The fraction of sp³-hybridized carbons (Fsp3) is 0.0588. The molecular weight excluding hydrogens is 435 g/mol. The minimum Gasteiger partial charge on any atom is -0.354 e. The molecule has 136 valence electrons. The average molecular weight is 448 g/mol. The zero-order valence-electron chi connectivity index (χ0n) is 13.4. The average Bonchev–Trinajstić information content (AvgIpc) is 3.11. The normalized spacial score (nSPS) is 11.4. The van der Waals surface area contributed by atoms with Crippen molar-refractivity contribution in [2.24, 2.45) is 0 Å². The Bertz CT molecular complexity index is 1050. The maximum Gasteiger partial charge on any atom is 0.271 e. The van der Waals surface area contributed by atoms with Crippen molar-refractivity contribution in [1.29, 1.82) is 0 Å². The fourth-order valence-corrected chi connectivity index (χ4v) is 4.73. The van der Waals surface area contributed by atoms with Crippen molar-refractivity contribution in [3.63, 3.8) is 0 Å². The van der Waals surface area contributed by atoms with Crippen LogP contribution in [0.1, 0.15) is 5.56 Å². The minimum atomic E-state index is -3.72. The lowest BCUT2D eigenvalue weighted by Crippen LogP contribution is -2.13. The molecule has 0 radical (unpaired) electrons. The fourth-order valence-electron chi connectivity index (χ4n) is 2.22. The summed E-state index contributed by atoms with van der Waals surface area (Å²) in [6.45, 7) is 1.88. The molecule has 3 rings (SSSR count). The third kappa shape index (κ3) is 4.27. The molecular formula is C17H13Cl3N2O2S2. The summed E-state index contributed by atoms with van der Waals surface area (Å²) in [4.78, 5) is 0. The highest BCUT2D eigenvalue weighted by Gasteiger charge is 2.18. The van der Waals surface area contributed by atoms with Gasteiger partial charge in [0.05, 0.1) is 21.4 Å². The molecule has 0 aliphatic rings. The van der Waals surface area contributed by atoms with E-state index in [0.29, 0.717) is 21.4 Å². The number of aryl methyl sites for hydroxylation is 1. The zero-order chi connectivity index (χ0) is 18.9. The van der Waals surface area contributed by atoms with Crippen LogP contribution in [0.3, 0.4) is 0 Å². The first-order valence-corrected chi connectivity index (χ1v) is 10.8. The van der Waals surface area contributed by atoms with Gasteiger partial charge >= 0.3 is 0 Å². The lowest BCUT2D eigenvalue weighted by atomic mass is 10.2. The third-order valence-electron chi connectivity index (χ3n) is 3.50. The molecule has 0 saturated carbocycles. The quantitative estimate of drug-likeness (QED) is 0.465. The summed E-state index contributed by atoms with van der Waals surface area (Å²) in [7, 11) is -3.72. The predicted octanol–water partition coefficient (Wildman–Crippen LogP) is 6.56. The monoisotopic (exact) mass is 446 g/mol. The highest BCUT2D eigenvalue weighted by molar-refractivity contribution is 7.94. The van der Waals surface area contributed by atoms with E-state index in [2.05, 4.69) is 10.0 Å². The highest BCUT2D eigenvalue weighted by Crippen LogP contribution is 2.36. The van der Waals surface area contributed by atoms with Gasteiger partial charge in [-0.05, 0) is 54.3 Å². The molecule has 0 amide bonds. The van der Waals surface area contributed by atoms with E-state index < -0.39 is 10.0 Å². The molecule has 0 bridgehead atoms. The summed E-state index contributed by atoms with van der Waals surface area (Å²) in [5.74, 6) is 0. The van der Waals surface area contributed by atoms with Gasteiger partial charge < -0.3 is 5.32 Å². The number of benzene rings is 2. The van der Waals surface area contributed by atoms with Gasteiger partial charge in [0.15, 0.2) is 0 Å². The molecule has 3 aromatic rings. The van der Waals surface area contributed by atoms with Crippen molar-refractivity contribution in [2.75, 3.05) is 10.0 Å². The lowest BCUT2D eigenvalue weighted by molar-refractivity contribution is 0.603. The lowest BCUT2D eigenvalue weighted by Gasteiger charge is -2.15. The van der Waals surface area contributed by atoms with E-state index in [1.54, 1.807) is 29.6 Å². The van der Waals surface area contributed by atoms with E-state index in [9.17, 15) is 8.42 Å². The van der Waals surface area contributed by atoms with Gasteiger partial charge in [-0.3, -0.25) is 4.72 Å². The van der Waals surface area contributed by atoms with Gasteiger partial charge in [0.1, 0.15) is 4.21 Å². The van der Waals surface area contributed by atoms with Gasteiger partial charge in [0, 0.05) is 10.7 Å². The van der Waals surface area contributed by atoms with Gasteiger partial charge in [-0.1, -0.05) is 40.9 Å². The first kappa shape index (κ1) is 19.3. The van der Waals surface area contributed by atoms with Gasteiger partial charge in [0.2, 0.25) is 0 Å². The summed E-state index contributed by atoms with van der Waals surface area (Å²) in [6, 6.07) is 11.6. The van der Waals surface area contributed by atoms with Gasteiger partial charge in [-0.15, -0.1) is 11.3 Å². The summed E-state index contributed by atoms with van der Waals surface area (Å²) in [6.07, 6.45) is 0. The molecule has 0 saturated heterocycles. The number of nitrogens with one attached hydrogen (secondary N) is 2. The van der Waals surface area contributed by atoms with Crippen molar-refractivity contribution in [3.05, 3.63) is 68.5 Å². The van der Waals surface area contributed by atoms with Crippen LogP contribution in [0.5, 0.6) is 0 Å². The van der Waals surface area contributed by atoms with Crippen LogP contribution in [-0.2, 0) is 10.0 Å². The number of sulfonamides is 1. The molecule has 0 atom stereocenters. The van der Waals surface area contributed by atoms with E-state index in [1.807, 2.05) is 13.0 Å². The standard InChI is InChI=1S/C17H13Cl3N2O2S2/c1-10-7-11(4-5-12(10)18)21-15-8-13(19)14(20)9-16(15)22-26(23,24)17-3-2-6-25-17/h2-9,21-22H,1H3. The molecule has 0 aliphatic heterocycles. The number of thiophene rings is 1. The van der Waals surface area contributed by atoms with E-state index in [0.717, 1.165) is 22.6 Å². The number of hydrogen-bond acceptors (Lipinski definition) is 4. The topological polar surface area (TPSA) is 58.2 Å². The van der Waals surface area contributed by atoms with Crippen LogP contribution in [0.25, 0.3) is 0 Å². The molecule has 0 spiro atoms. The number of rotatable bonds is 5. The van der Waals surface area contributed by atoms with Crippen molar-refractivity contribution in [1.82, 2.24) is 0 Å². The first-order chi connectivity index (χ1) is 12.3. The number of anilines is 3. The Morgan fingerprint density at radius 3 is 2.23 bits per heavy atom. The molecule has 2 aromatic carbocycles. The Kier molecular flexibility index (Phi) is 5.69. The summed E-state index contributed by atoms with van der Waals surface area (Å²) < 4.78 is 27.8. The predicted molar refractivity (Wildman–Crippen MR) is 111 cm³/mol. The zero-order valence-corrected chi connectivity index (χ0v) is 17.3. The van der Waals surface area contributed by atoms with Crippen molar-refractivity contribution in [3.8, 4) is 0 Å². The maximum absolute atomic E-state index is 12.5. The molecule has 1 heterocycles. The molecule has 4 nitrogen and oxygen atoms in total. The molecule has 26 heavy (non-hydrogen) atoms. The van der Waals surface area contributed by atoms with Crippen LogP contribution in [0.2, 0.25) is 15.1 Å². The smallest absolute Gasteiger partial charge is 0.271 e. The van der Waals surface area contributed by atoms with Crippen molar-refractivity contribution >= 4 is 73.2 Å². The molecule has 2 N–H and O–H groups in total. The van der Waals surface area contributed by atoms with Crippen LogP contribution in [0.15, 0.2) is 52.1 Å². The molecule has 0 fully saturated rings. The van der Waals surface area contributed by atoms with E-state index in [-0.39, 0.29) is 9.23 Å². The molecule has 0 unspecified atom stereocenters. The van der Waals surface area contributed by atoms with E-state index in [1.165, 1.54) is 12.1 Å². The Labute approximate surface area is 170 Å². The van der Waals surface area contributed by atoms with Crippen LogP contribution in [0.4, 0.5) is 17.1 Å². The summed E-state index contributed by atoms with van der Waals surface area (Å²) >= 11 is 19.4.